The van der Waals surface area contributed by atoms with Crippen LogP contribution in [0.15, 0.2) is 16.7 Å². The minimum atomic E-state index is -0.367. The van der Waals surface area contributed by atoms with Crippen molar-refractivity contribution in [2.24, 2.45) is 0 Å². The lowest BCUT2D eigenvalue weighted by Gasteiger charge is -2.07. The van der Waals surface area contributed by atoms with Gasteiger partial charge in [-0.25, -0.2) is 4.98 Å². The Kier molecular flexibility index (Phi) is 7.50. The smallest absolute Gasteiger partial charge is 0.254 e. The van der Waals surface area contributed by atoms with Crippen LogP contribution in [-0.4, -0.2) is 43.6 Å². The minimum absolute atomic E-state index is 0.121. The summed E-state index contributed by atoms with van der Waals surface area (Å²) in [6, 6.07) is 1.57. The second-order valence-corrected chi connectivity index (χ2v) is 5.11. The van der Waals surface area contributed by atoms with Crippen molar-refractivity contribution in [1.29, 1.82) is 0 Å². The summed E-state index contributed by atoms with van der Waals surface area (Å²) in [4.78, 5) is 27.1. The number of methoxy groups -OCH3 is 1. The van der Waals surface area contributed by atoms with Crippen LogP contribution in [0.3, 0.4) is 0 Å². The first-order chi connectivity index (χ1) is 9.54. The van der Waals surface area contributed by atoms with E-state index in [0.29, 0.717) is 17.6 Å². The van der Waals surface area contributed by atoms with E-state index in [1.165, 1.54) is 6.20 Å². The lowest BCUT2D eigenvalue weighted by molar-refractivity contribution is -0.121. The molecule has 6 nitrogen and oxygen atoms in total. The van der Waals surface area contributed by atoms with Crippen LogP contribution in [0.2, 0.25) is 5.15 Å². The zero-order chi connectivity index (χ0) is 15.0. The molecule has 0 saturated heterocycles. The Balaban J connectivity index is 2.36. The summed E-state index contributed by atoms with van der Waals surface area (Å²) in [5, 5.41) is 5.39. The normalized spacial score (nSPS) is 10.2. The van der Waals surface area contributed by atoms with Gasteiger partial charge in [0.25, 0.3) is 5.91 Å². The monoisotopic (exact) mass is 363 g/mol. The molecule has 2 amide bonds. The molecule has 1 aromatic rings. The molecular weight excluding hydrogens is 350 g/mol. The van der Waals surface area contributed by atoms with Crippen LogP contribution in [0.25, 0.3) is 0 Å². The molecule has 0 aromatic carbocycles. The average molecular weight is 365 g/mol. The zero-order valence-electron chi connectivity index (χ0n) is 10.9. The molecule has 0 radical (unpaired) electrons. The molecule has 0 aliphatic carbocycles. The summed E-state index contributed by atoms with van der Waals surface area (Å²) in [5.74, 6) is -0.519. The van der Waals surface area contributed by atoms with Crippen molar-refractivity contribution in [2.75, 3.05) is 26.8 Å². The van der Waals surface area contributed by atoms with Crippen LogP contribution in [0.5, 0.6) is 0 Å². The topological polar surface area (TPSA) is 80.3 Å². The first-order valence-electron chi connectivity index (χ1n) is 5.89. The van der Waals surface area contributed by atoms with E-state index in [9.17, 15) is 9.59 Å². The maximum Gasteiger partial charge on any atom is 0.254 e. The molecular formula is C12H15BrClN3O3. The van der Waals surface area contributed by atoms with Gasteiger partial charge in [0.1, 0.15) is 5.15 Å². The van der Waals surface area contributed by atoms with Crippen molar-refractivity contribution in [3.05, 3.63) is 27.5 Å². The summed E-state index contributed by atoms with van der Waals surface area (Å²) in [5.41, 5.74) is 0.265. The fourth-order valence-corrected chi connectivity index (χ4v) is 1.87. The van der Waals surface area contributed by atoms with Gasteiger partial charge in [0.15, 0.2) is 0 Å². The molecule has 0 fully saturated rings. The molecule has 2 N–H and O–H groups in total. The Morgan fingerprint density at radius 3 is 2.85 bits per heavy atom. The highest BCUT2D eigenvalue weighted by Crippen LogP contribution is 2.17. The Morgan fingerprint density at radius 1 is 1.40 bits per heavy atom. The lowest BCUT2D eigenvalue weighted by Crippen LogP contribution is -2.32. The third-order valence-electron chi connectivity index (χ3n) is 2.32. The summed E-state index contributed by atoms with van der Waals surface area (Å²) < 4.78 is 5.46. The predicted molar refractivity (Wildman–Crippen MR) is 78.8 cm³/mol. The summed E-state index contributed by atoms with van der Waals surface area (Å²) in [6.45, 7) is 1.13. The number of amides is 2. The highest BCUT2D eigenvalue weighted by molar-refractivity contribution is 9.10. The number of halogens is 2. The fourth-order valence-electron chi connectivity index (χ4n) is 1.35. The molecule has 1 rings (SSSR count). The van der Waals surface area contributed by atoms with Gasteiger partial charge in [0.2, 0.25) is 5.91 Å². The third-order valence-corrected chi connectivity index (χ3v) is 3.05. The fraction of sp³-hybridized carbons (Fsp3) is 0.417. The maximum absolute atomic E-state index is 11.9. The van der Waals surface area contributed by atoms with E-state index in [-0.39, 0.29) is 35.5 Å². The second-order valence-electron chi connectivity index (χ2n) is 3.84. The van der Waals surface area contributed by atoms with Crippen LogP contribution in [0.4, 0.5) is 0 Å². The van der Waals surface area contributed by atoms with Gasteiger partial charge in [0.05, 0.1) is 12.2 Å². The van der Waals surface area contributed by atoms with E-state index in [2.05, 4.69) is 31.5 Å². The molecule has 8 heteroatoms. The van der Waals surface area contributed by atoms with Crippen LogP contribution in [0, 0.1) is 0 Å². The number of pyridine rings is 1. The highest BCUT2D eigenvalue weighted by atomic mass is 79.9. The van der Waals surface area contributed by atoms with E-state index >= 15 is 0 Å². The van der Waals surface area contributed by atoms with Crippen molar-refractivity contribution in [3.63, 3.8) is 0 Å². The number of nitrogens with zero attached hydrogens (tertiary/aromatic N) is 1. The Morgan fingerprint density at radius 2 is 2.15 bits per heavy atom. The number of rotatable bonds is 7. The molecule has 0 aliphatic rings. The van der Waals surface area contributed by atoms with Gasteiger partial charge in [-0.3, -0.25) is 9.59 Å². The van der Waals surface area contributed by atoms with E-state index in [0.717, 1.165) is 0 Å². The summed E-state index contributed by atoms with van der Waals surface area (Å²) >= 11 is 9.05. The van der Waals surface area contributed by atoms with Crippen LogP contribution in [-0.2, 0) is 9.53 Å². The number of aromatic nitrogens is 1. The number of carbonyl (C=O) groups is 2. The first-order valence-corrected chi connectivity index (χ1v) is 7.06. The first kappa shape index (κ1) is 16.9. The number of carbonyl (C=O) groups excluding carboxylic acids is 2. The maximum atomic E-state index is 11.9. The van der Waals surface area contributed by atoms with Crippen LogP contribution < -0.4 is 10.6 Å². The minimum Gasteiger partial charge on any atom is -0.383 e. The summed E-state index contributed by atoms with van der Waals surface area (Å²) in [7, 11) is 1.56. The molecule has 0 saturated carbocycles. The van der Waals surface area contributed by atoms with Crippen molar-refractivity contribution >= 4 is 39.3 Å². The Bertz CT molecular complexity index is 485. The number of nitrogens with one attached hydrogen (secondary N) is 2. The molecule has 0 spiro atoms. The lowest BCUT2D eigenvalue weighted by atomic mass is 10.2. The van der Waals surface area contributed by atoms with Gasteiger partial charge in [-0.2, -0.15) is 0 Å². The van der Waals surface area contributed by atoms with Gasteiger partial charge >= 0.3 is 0 Å². The van der Waals surface area contributed by atoms with Gasteiger partial charge in [-0.05, 0) is 22.0 Å². The van der Waals surface area contributed by atoms with E-state index < -0.39 is 0 Å². The van der Waals surface area contributed by atoms with Crippen molar-refractivity contribution in [1.82, 2.24) is 15.6 Å². The van der Waals surface area contributed by atoms with Crippen LogP contribution >= 0.6 is 27.5 Å². The molecule has 1 aromatic heterocycles. The number of hydrogen-bond donors (Lipinski definition) is 2. The quantitative estimate of drug-likeness (QED) is 0.566. The number of ether oxygens (including phenoxy) is 1. The van der Waals surface area contributed by atoms with Crippen molar-refractivity contribution < 1.29 is 14.3 Å². The standard InChI is InChI=1S/C12H15BrClN3O3/c1-20-5-4-15-10(18)2-3-16-12(19)9-6-8(13)7-17-11(9)14/h6-7H,2-5H2,1H3,(H,15,18)(H,16,19). The molecule has 20 heavy (non-hydrogen) atoms. The predicted octanol–water partition coefficient (Wildman–Crippen LogP) is 1.38. The van der Waals surface area contributed by atoms with Crippen molar-refractivity contribution in [3.8, 4) is 0 Å². The van der Waals surface area contributed by atoms with Crippen LogP contribution in [0.1, 0.15) is 16.8 Å². The molecule has 0 atom stereocenters. The Labute approximate surface area is 130 Å². The van der Waals surface area contributed by atoms with Gasteiger partial charge in [0, 0.05) is 37.3 Å². The number of hydrogen-bond acceptors (Lipinski definition) is 4. The molecule has 0 unspecified atom stereocenters. The summed E-state index contributed by atoms with van der Waals surface area (Å²) in [6.07, 6.45) is 1.69. The molecule has 1 heterocycles. The van der Waals surface area contributed by atoms with Gasteiger partial charge in [-0.15, -0.1) is 0 Å². The van der Waals surface area contributed by atoms with E-state index in [4.69, 9.17) is 16.3 Å². The molecule has 0 aliphatic heterocycles. The largest absolute Gasteiger partial charge is 0.383 e. The van der Waals surface area contributed by atoms with Crippen molar-refractivity contribution in [2.45, 2.75) is 6.42 Å². The van der Waals surface area contributed by atoms with Gasteiger partial charge in [-0.1, -0.05) is 11.6 Å². The SMILES string of the molecule is COCCNC(=O)CCNC(=O)c1cc(Br)cnc1Cl. The average Bonchev–Trinajstić information content (AvgIpc) is 2.41. The zero-order valence-corrected chi connectivity index (χ0v) is 13.3. The van der Waals surface area contributed by atoms with E-state index in [1.54, 1.807) is 13.2 Å². The Hall–Kier alpha value is -1.18. The third kappa shape index (κ3) is 5.85. The molecule has 110 valence electrons. The highest BCUT2D eigenvalue weighted by Gasteiger charge is 2.12. The van der Waals surface area contributed by atoms with E-state index in [1.807, 2.05) is 0 Å². The van der Waals surface area contributed by atoms with Gasteiger partial charge < -0.3 is 15.4 Å². The molecule has 0 bridgehead atoms. The second kappa shape index (κ2) is 8.89.